The fraction of sp³-hybridized carbons (Fsp3) is 0.867. The van der Waals surface area contributed by atoms with E-state index in [-0.39, 0.29) is 12.1 Å². The molecule has 0 aromatic carbocycles. The molecule has 3 heteroatoms. The van der Waals surface area contributed by atoms with Crippen molar-refractivity contribution in [1.29, 1.82) is 0 Å². The second-order valence-corrected chi connectivity index (χ2v) is 5.34. The van der Waals surface area contributed by atoms with Crippen molar-refractivity contribution in [2.45, 2.75) is 65.2 Å². The van der Waals surface area contributed by atoms with Crippen molar-refractivity contribution < 1.29 is 9.84 Å². The van der Waals surface area contributed by atoms with E-state index < -0.39 is 6.10 Å². The van der Waals surface area contributed by atoms with E-state index in [0.717, 1.165) is 19.3 Å². The predicted octanol–water partition coefficient (Wildman–Crippen LogP) is 2.19. The van der Waals surface area contributed by atoms with Gasteiger partial charge in [0, 0.05) is 6.54 Å². The second-order valence-electron chi connectivity index (χ2n) is 5.34. The Kier molecular flexibility index (Phi) is 10.0. The van der Waals surface area contributed by atoms with Crippen LogP contribution in [0.4, 0.5) is 0 Å². The fourth-order valence-electron chi connectivity index (χ4n) is 1.88. The molecule has 0 aliphatic carbocycles. The molecular formula is C15H29NO2. The van der Waals surface area contributed by atoms with E-state index in [1.807, 2.05) is 6.92 Å². The first-order valence-electron chi connectivity index (χ1n) is 6.98. The number of terminal acetylenes is 1. The van der Waals surface area contributed by atoms with E-state index >= 15 is 0 Å². The molecule has 3 nitrogen and oxygen atoms in total. The van der Waals surface area contributed by atoms with Crippen molar-refractivity contribution in [3.8, 4) is 12.3 Å². The molecule has 0 spiro atoms. The van der Waals surface area contributed by atoms with Crippen molar-refractivity contribution in [1.82, 2.24) is 5.32 Å². The zero-order valence-corrected chi connectivity index (χ0v) is 12.3. The van der Waals surface area contributed by atoms with E-state index in [4.69, 9.17) is 11.2 Å². The average molecular weight is 255 g/mol. The molecule has 0 fully saturated rings. The van der Waals surface area contributed by atoms with Crippen molar-refractivity contribution in [3.05, 3.63) is 0 Å². The lowest BCUT2D eigenvalue weighted by Crippen LogP contribution is -2.37. The van der Waals surface area contributed by atoms with Crippen molar-refractivity contribution >= 4 is 0 Å². The van der Waals surface area contributed by atoms with Crippen LogP contribution in [-0.2, 0) is 4.74 Å². The van der Waals surface area contributed by atoms with Gasteiger partial charge in [0.1, 0.15) is 0 Å². The van der Waals surface area contributed by atoms with Gasteiger partial charge in [-0.05, 0) is 25.7 Å². The molecule has 0 aromatic rings. The number of aliphatic hydroxyl groups is 1. The SMILES string of the molecule is C#CC(CCC)NCC(O)COC(C)CC(C)C. The molecular weight excluding hydrogens is 226 g/mol. The van der Waals surface area contributed by atoms with Gasteiger partial charge in [-0.15, -0.1) is 6.42 Å². The molecule has 0 amide bonds. The maximum absolute atomic E-state index is 9.79. The molecule has 18 heavy (non-hydrogen) atoms. The molecule has 3 atom stereocenters. The third kappa shape index (κ3) is 9.47. The van der Waals surface area contributed by atoms with Crippen LogP contribution in [-0.4, -0.2) is 36.5 Å². The van der Waals surface area contributed by atoms with Gasteiger partial charge in [0.05, 0.1) is 24.9 Å². The molecule has 0 aliphatic heterocycles. The Hall–Kier alpha value is -0.560. The molecule has 0 heterocycles. The minimum atomic E-state index is -0.493. The van der Waals surface area contributed by atoms with Gasteiger partial charge in [0.15, 0.2) is 0 Å². The maximum atomic E-state index is 9.79. The number of rotatable bonds is 10. The highest BCUT2D eigenvalue weighted by atomic mass is 16.5. The molecule has 0 bridgehead atoms. The van der Waals surface area contributed by atoms with Crippen LogP contribution in [0.3, 0.4) is 0 Å². The summed E-state index contributed by atoms with van der Waals surface area (Å²) in [5.74, 6) is 3.30. The van der Waals surface area contributed by atoms with Gasteiger partial charge in [-0.2, -0.15) is 0 Å². The molecule has 2 N–H and O–H groups in total. The minimum absolute atomic E-state index is 0.0535. The van der Waals surface area contributed by atoms with E-state index in [1.54, 1.807) is 0 Å². The average Bonchev–Trinajstić information content (AvgIpc) is 2.31. The van der Waals surface area contributed by atoms with E-state index in [0.29, 0.717) is 19.1 Å². The Bertz CT molecular complexity index is 235. The van der Waals surface area contributed by atoms with Crippen LogP contribution in [0.5, 0.6) is 0 Å². The van der Waals surface area contributed by atoms with Gasteiger partial charge < -0.3 is 15.2 Å². The Balaban J connectivity index is 3.70. The number of nitrogens with one attached hydrogen (secondary N) is 1. The molecule has 0 saturated carbocycles. The molecule has 0 aromatic heterocycles. The summed E-state index contributed by atoms with van der Waals surface area (Å²) in [5.41, 5.74) is 0. The molecule has 3 unspecified atom stereocenters. The van der Waals surface area contributed by atoms with Crippen LogP contribution in [0, 0.1) is 18.3 Å². The van der Waals surface area contributed by atoms with Gasteiger partial charge in [0.2, 0.25) is 0 Å². The van der Waals surface area contributed by atoms with Crippen LogP contribution < -0.4 is 5.32 Å². The molecule has 0 saturated heterocycles. The quantitative estimate of drug-likeness (QED) is 0.588. The number of ether oxygens (including phenoxy) is 1. The smallest absolute Gasteiger partial charge is 0.0898 e. The van der Waals surface area contributed by atoms with Crippen molar-refractivity contribution in [2.24, 2.45) is 5.92 Å². The van der Waals surface area contributed by atoms with E-state index in [1.165, 1.54) is 0 Å². The molecule has 0 rings (SSSR count). The number of hydrogen-bond donors (Lipinski definition) is 2. The lowest BCUT2D eigenvalue weighted by molar-refractivity contribution is -0.00889. The summed E-state index contributed by atoms with van der Waals surface area (Å²) in [6, 6.07) is 0.0535. The molecule has 106 valence electrons. The van der Waals surface area contributed by atoms with Crippen LogP contribution in [0.2, 0.25) is 0 Å². The number of hydrogen-bond acceptors (Lipinski definition) is 3. The Morgan fingerprint density at radius 2 is 2.00 bits per heavy atom. The molecule has 0 aliphatic rings. The van der Waals surface area contributed by atoms with Crippen LogP contribution in [0.15, 0.2) is 0 Å². The van der Waals surface area contributed by atoms with Gasteiger partial charge in [-0.3, -0.25) is 0 Å². The van der Waals surface area contributed by atoms with Gasteiger partial charge in [-0.25, -0.2) is 0 Å². The van der Waals surface area contributed by atoms with Gasteiger partial charge in [0.25, 0.3) is 0 Å². The monoisotopic (exact) mass is 255 g/mol. The lowest BCUT2D eigenvalue weighted by atomic mass is 10.1. The third-order valence-electron chi connectivity index (χ3n) is 2.75. The highest BCUT2D eigenvalue weighted by Gasteiger charge is 2.11. The fourth-order valence-corrected chi connectivity index (χ4v) is 1.88. The zero-order chi connectivity index (χ0) is 14.0. The van der Waals surface area contributed by atoms with Crippen LogP contribution >= 0.6 is 0 Å². The molecule has 0 radical (unpaired) electrons. The summed E-state index contributed by atoms with van der Waals surface area (Å²) in [7, 11) is 0. The van der Waals surface area contributed by atoms with Gasteiger partial charge in [-0.1, -0.05) is 33.1 Å². The summed E-state index contributed by atoms with van der Waals surface area (Å²) in [6.45, 7) is 9.33. The number of aliphatic hydroxyl groups excluding tert-OH is 1. The Morgan fingerprint density at radius 3 is 2.50 bits per heavy atom. The van der Waals surface area contributed by atoms with Crippen molar-refractivity contribution in [3.63, 3.8) is 0 Å². The van der Waals surface area contributed by atoms with Crippen LogP contribution in [0.1, 0.15) is 47.0 Å². The summed E-state index contributed by atoms with van der Waals surface area (Å²) < 4.78 is 5.60. The summed E-state index contributed by atoms with van der Waals surface area (Å²) in [6.07, 6.45) is 8.09. The first-order chi connectivity index (χ1) is 8.49. The normalized spacial score (nSPS) is 16.3. The first-order valence-corrected chi connectivity index (χ1v) is 6.98. The highest BCUT2D eigenvalue weighted by molar-refractivity contribution is 4.98. The first kappa shape index (κ1) is 17.4. The topological polar surface area (TPSA) is 41.5 Å². The highest BCUT2D eigenvalue weighted by Crippen LogP contribution is 2.07. The summed E-state index contributed by atoms with van der Waals surface area (Å²) in [5, 5.41) is 13.0. The largest absolute Gasteiger partial charge is 0.389 e. The second kappa shape index (κ2) is 10.4. The lowest BCUT2D eigenvalue weighted by Gasteiger charge is -2.19. The standard InChI is InChI=1S/C15H29NO2/c1-6-8-14(7-2)16-10-15(17)11-18-13(5)9-12(3)4/h2,12-17H,6,8-11H2,1,3-5H3. The van der Waals surface area contributed by atoms with Gasteiger partial charge >= 0.3 is 0 Å². The minimum Gasteiger partial charge on any atom is -0.389 e. The predicted molar refractivity (Wildman–Crippen MR) is 76.4 cm³/mol. The zero-order valence-electron chi connectivity index (χ0n) is 12.3. The Labute approximate surface area is 112 Å². The summed E-state index contributed by atoms with van der Waals surface area (Å²) in [4.78, 5) is 0. The van der Waals surface area contributed by atoms with E-state index in [2.05, 4.69) is 32.0 Å². The third-order valence-corrected chi connectivity index (χ3v) is 2.75. The maximum Gasteiger partial charge on any atom is 0.0898 e. The van der Waals surface area contributed by atoms with E-state index in [9.17, 15) is 5.11 Å². The van der Waals surface area contributed by atoms with Crippen molar-refractivity contribution in [2.75, 3.05) is 13.2 Å². The Morgan fingerprint density at radius 1 is 1.33 bits per heavy atom. The van der Waals surface area contributed by atoms with Crippen LogP contribution in [0.25, 0.3) is 0 Å². The summed E-state index contributed by atoms with van der Waals surface area (Å²) >= 11 is 0.